The molecule has 33 heavy (non-hydrogen) atoms. The lowest BCUT2D eigenvalue weighted by molar-refractivity contribution is -0.135. The van der Waals surface area contributed by atoms with Crippen molar-refractivity contribution in [2.24, 2.45) is 0 Å². The van der Waals surface area contributed by atoms with E-state index < -0.39 is 17.1 Å². The number of hydrogen-bond donors (Lipinski definition) is 2. The van der Waals surface area contributed by atoms with Crippen LogP contribution in [0, 0.1) is 13.8 Å². The molecule has 2 N–H and O–H groups in total. The van der Waals surface area contributed by atoms with Crippen LogP contribution >= 0.6 is 0 Å². The molecule has 1 unspecified atom stereocenters. The molecule has 3 aromatic carbocycles. The van der Waals surface area contributed by atoms with Crippen LogP contribution in [-0.2, 0) is 16.8 Å². The van der Waals surface area contributed by atoms with Gasteiger partial charge in [0.15, 0.2) is 5.60 Å². The number of aliphatic hydroxyl groups is 1. The van der Waals surface area contributed by atoms with Crippen LogP contribution in [0.1, 0.15) is 22.4 Å². The Morgan fingerprint density at radius 2 is 1.73 bits per heavy atom. The number of carbonyl (C=O) groups excluding carboxylic acids is 1. The largest absolute Gasteiger partial charge is 0.497 e. The first-order chi connectivity index (χ1) is 15.8. The monoisotopic (exact) mass is 444 g/mol. The molecule has 1 atom stereocenters. The number of ether oxygens (including phenoxy) is 1. The van der Waals surface area contributed by atoms with E-state index in [0.29, 0.717) is 33.5 Å². The summed E-state index contributed by atoms with van der Waals surface area (Å²) in [4.78, 5) is 25.4. The molecule has 7 nitrogen and oxygen atoms in total. The summed E-state index contributed by atoms with van der Waals surface area (Å²) in [5, 5.41) is 19.2. The molecule has 0 fully saturated rings. The van der Waals surface area contributed by atoms with E-state index in [4.69, 9.17) is 9.26 Å². The molecule has 0 spiro atoms. The highest BCUT2D eigenvalue weighted by molar-refractivity contribution is 6.00. The van der Waals surface area contributed by atoms with Gasteiger partial charge < -0.3 is 19.7 Å². The van der Waals surface area contributed by atoms with Crippen molar-refractivity contribution in [2.45, 2.75) is 25.9 Å². The number of methoxy groups -OCH3 is 1. The summed E-state index contributed by atoms with van der Waals surface area (Å²) in [7, 11) is 1.55. The summed E-state index contributed by atoms with van der Waals surface area (Å²) in [5.74, 6) is 0.0225. The number of amides is 1. The van der Waals surface area contributed by atoms with E-state index in [-0.39, 0.29) is 6.42 Å². The lowest BCUT2D eigenvalue weighted by Crippen LogP contribution is -2.42. The third-order valence-corrected chi connectivity index (χ3v) is 5.68. The van der Waals surface area contributed by atoms with E-state index in [1.54, 1.807) is 56.5 Å². The number of carbonyl (C=O) groups is 1. The summed E-state index contributed by atoms with van der Waals surface area (Å²) in [5.41, 5.74) is 0.873. The number of aromatic nitrogens is 1. The number of aryl methyl sites for hydroxylation is 2. The molecule has 0 aliphatic carbocycles. The second-order valence-corrected chi connectivity index (χ2v) is 8.02. The van der Waals surface area contributed by atoms with Gasteiger partial charge in [0, 0.05) is 17.5 Å². The molecule has 1 aromatic heterocycles. The van der Waals surface area contributed by atoms with E-state index >= 15 is 0 Å². The molecule has 168 valence electrons. The van der Waals surface area contributed by atoms with Crippen molar-refractivity contribution in [3.63, 3.8) is 0 Å². The summed E-state index contributed by atoms with van der Waals surface area (Å²) in [6.07, 6.45) is 0.0726. The van der Waals surface area contributed by atoms with Crippen LogP contribution in [0.15, 0.2) is 76.0 Å². The Hall–Kier alpha value is -3.97. The Labute approximate surface area is 190 Å². The molecule has 7 heteroatoms. The summed E-state index contributed by atoms with van der Waals surface area (Å²) < 4.78 is 9.96. The zero-order valence-electron chi connectivity index (χ0n) is 18.6. The van der Waals surface area contributed by atoms with E-state index in [0.717, 1.165) is 11.1 Å². The van der Waals surface area contributed by atoms with Gasteiger partial charge in [0.1, 0.15) is 5.75 Å². The maximum absolute atomic E-state index is 13.5. The quantitative estimate of drug-likeness (QED) is 0.468. The van der Waals surface area contributed by atoms with Gasteiger partial charge in [-0.1, -0.05) is 47.1 Å². The molecular weight excluding hydrogens is 420 g/mol. The fourth-order valence-corrected chi connectivity index (χ4v) is 3.72. The first-order valence-corrected chi connectivity index (χ1v) is 10.4. The van der Waals surface area contributed by atoms with Gasteiger partial charge in [-0.25, -0.2) is 4.79 Å². The minimum Gasteiger partial charge on any atom is -0.497 e. The SMILES string of the molecule is COc1ccc(C(O)(Cc2ccc(C)cc2)C(=O)Nc2ccc3c(=O)onc(C)c3c2)cc1. The molecular formula is C26H24N2O5. The molecule has 0 saturated carbocycles. The molecule has 0 saturated heterocycles. The van der Waals surface area contributed by atoms with Crippen molar-refractivity contribution in [1.29, 1.82) is 0 Å². The Bertz CT molecular complexity index is 1360. The Morgan fingerprint density at radius 3 is 2.39 bits per heavy atom. The number of fused-ring (bicyclic) bond motifs is 1. The normalized spacial score (nSPS) is 12.8. The zero-order chi connectivity index (χ0) is 23.6. The van der Waals surface area contributed by atoms with Crippen LogP contribution in [-0.4, -0.2) is 23.3 Å². The second-order valence-electron chi connectivity index (χ2n) is 8.02. The first kappa shape index (κ1) is 22.2. The van der Waals surface area contributed by atoms with E-state index in [1.807, 2.05) is 31.2 Å². The van der Waals surface area contributed by atoms with Gasteiger partial charge in [0.2, 0.25) is 0 Å². The fraction of sp³-hybridized carbons (Fsp3) is 0.192. The number of nitrogens with one attached hydrogen (secondary N) is 1. The van der Waals surface area contributed by atoms with Gasteiger partial charge in [0.05, 0.1) is 18.2 Å². The van der Waals surface area contributed by atoms with Gasteiger partial charge >= 0.3 is 5.63 Å². The highest BCUT2D eigenvalue weighted by atomic mass is 16.5. The molecule has 0 aliphatic rings. The first-order valence-electron chi connectivity index (χ1n) is 10.4. The number of benzene rings is 3. The Balaban J connectivity index is 1.72. The fourth-order valence-electron chi connectivity index (χ4n) is 3.72. The number of hydrogen-bond acceptors (Lipinski definition) is 6. The van der Waals surface area contributed by atoms with Crippen molar-refractivity contribution in [3.8, 4) is 5.75 Å². The van der Waals surface area contributed by atoms with Gasteiger partial charge in [-0.05, 0) is 55.3 Å². The topological polar surface area (TPSA) is 102 Å². The van der Waals surface area contributed by atoms with E-state index in [9.17, 15) is 14.7 Å². The summed E-state index contributed by atoms with van der Waals surface area (Å²) in [6, 6.07) is 19.2. The minimum absolute atomic E-state index is 0.0726. The Morgan fingerprint density at radius 1 is 1.03 bits per heavy atom. The van der Waals surface area contributed by atoms with Gasteiger partial charge in [-0.2, -0.15) is 0 Å². The average molecular weight is 444 g/mol. The van der Waals surface area contributed by atoms with Crippen molar-refractivity contribution in [1.82, 2.24) is 5.16 Å². The molecule has 4 rings (SSSR count). The highest BCUT2D eigenvalue weighted by Crippen LogP contribution is 2.30. The molecule has 0 aliphatic heterocycles. The minimum atomic E-state index is -1.85. The van der Waals surface area contributed by atoms with Crippen LogP contribution in [0.2, 0.25) is 0 Å². The predicted octanol–water partition coefficient (Wildman–Crippen LogP) is 3.88. The van der Waals surface area contributed by atoms with Gasteiger partial charge in [-0.3, -0.25) is 4.79 Å². The van der Waals surface area contributed by atoms with Crippen LogP contribution in [0.3, 0.4) is 0 Å². The van der Waals surface area contributed by atoms with Gasteiger partial charge in [-0.15, -0.1) is 0 Å². The van der Waals surface area contributed by atoms with Crippen molar-refractivity contribution >= 4 is 22.4 Å². The third-order valence-electron chi connectivity index (χ3n) is 5.68. The lowest BCUT2D eigenvalue weighted by Gasteiger charge is -2.28. The molecule has 4 aromatic rings. The smallest absolute Gasteiger partial charge is 0.366 e. The predicted molar refractivity (Wildman–Crippen MR) is 125 cm³/mol. The maximum Gasteiger partial charge on any atom is 0.366 e. The Kier molecular flexibility index (Phi) is 5.98. The maximum atomic E-state index is 13.5. The summed E-state index contributed by atoms with van der Waals surface area (Å²) in [6.45, 7) is 3.69. The molecule has 0 bridgehead atoms. The van der Waals surface area contributed by atoms with Crippen LogP contribution < -0.4 is 15.7 Å². The van der Waals surface area contributed by atoms with Crippen molar-refractivity contribution < 1.29 is 19.2 Å². The molecule has 0 radical (unpaired) electrons. The summed E-state index contributed by atoms with van der Waals surface area (Å²) >= 11 is 0. The number of rotatable bonds is 6. The average Bonchev–Trinajstić information content (AvgIpc) is 2.83. The molecule has 1 heterocycles. The molecule has 1 amide bonds. The van der Waals surface area contributed by atoms with Crippen molar-refractivity contribution in [3.05, 3.63) is 99.5 Å². The highest BCUT2D eigenvalue weighted by Gasteiger charge is 2.38. The van der Waals surface area contributed by atoms with E-state index in [1.165, 1.54) is 0 Å². The second kappa shape index (κ2) is 8.88. The van der Waals surface area contributed by atoms with Crippen LogP contribution in [0.25, 0.3) is 10.8 Å². The lowest BCUT2D eigenvalue weighted by atomic mass is 9.86. The number of anilines is 1. The van der Waals surface area contributed by atoms with E-state index in [2.05, 4.69) is 10.5 Å². The standard InChI is InChI=1S/C26H24N2O5/c1-16-4-6-18(7-5-16)15-26(31,19-8-11-21(32-3)12-9-19)25(30)27-20-10-13-22-23(14-20)17(2)28-33-24(22)29/h4-14,31H,15H2,1-3H3,(H,27,30). The van der Waals surface area contributed by atoms with Crippen molar-refractivity contribution in [2.75, 3.05) is 12.4 Å². The zero-order valence-corrected chi connectivity index (χ0v) is 18.6. The van der Waals surface area contributed by atoms with Crippen LogP contribution in [0.5, 0.6) is 5.75 Å². The van der Waals surface area contributed by atoms with Crippen LogP contribution in [0.4, 0.5) is 5.69 Å². The number of nitrogens with zero attached hydrogens (tertiary/aromatic N) is 1. The van der Waals surface area contributed by atoms with Gasteiger partial charge in [0.25, 0.3) is 5.91 Å². The third kappa shape index (κ3) is 4.49.